The highest BCUT2D eigenvalue weighted by Gasteiger charge is 2.24. The summed E-state index contributed by atoms with van der Waals surface area (Å²) in [5.41, 5.74) is 3.42. The fraction of sp³-hybridized carbons (Fsp3) is 0.238. The number of hydrogen-bond acceptors (Lipinski definition) is 4. The number of benzene rings is 1. The first-order chi connectivity index (χ1) is 13.5. The third kappa shape index (κ3) is 3.41. The monoisotopic (exact) mass is 395 g/mol. The minimum Gasteiger partial charge on any atom is -0.447 e. The number of rotatable bonds is 5. The summed E-state index contributed by atoms with van der Waals surface area (Å²) in [5.74, 6) is -0.100. The van der Waals surface area contributed by atoms with Crippen LogP contribution in [0.4, 0.5) is 10.5 Å². The van der Waals surface area contributed by atoms with E-state index in [2.05, 4.69) is 5.32 Å². The Labute approximate surface area is 167 Å². The Morgan fingerprint density at radius 2 is 2.00 bits per heavy atom. The second-order valence-corrected chi connectivity index (χ2v) is 7.88. The van der Waals surface area contributed by atoms with Crippen LogP contribution in [0.15, 0.2) is 48.8 Å². The van der Waals surface area contributed by atoms with Gasteiger partial charge in [-0.25, -0.2) is 4.79 Å². The van der Waals surface area contributed by atoms with Crippen molar-refractivity contribution in [2.45, 2.75) is 20.4 Å². The van der Waals surface area contributed by atoms with Gasteiger partial charge in [-0.3, -0.25) is 9.69 Å². The number of aryl methyl sites for hydroxylation is 1. The normalized spacial score (nSPS) is 13.6. The van der Waals surface area contributed by atoms with Crippen molar-refractivity contribution in [1.29, 1.82) is 0 Å². The van der Waals surface area contributed by atoms with Crippen molar-refractivity contribution < 1.29 is 14.3 Å². The van der Waals surface area contributed by atoms with Gasteiger partial charge < -0.3 is 14.6 Å². The average molecular weight is 395 g/mol. The largest absolute Gasteiger partial charge is 0.447 e. The smallest absolute Gasteiger partial charge is 0.414 e. The Morgan fingerprint density at radius 3 is 2.71 bits per heavy atom. The van der Waals surface area contributed by atoms with E-state index in [0.717, 1.165) is 26.7 Å². The molecule has 1 saturated heterocycles. The lowest BCUT2D eigenvalue weighted by molar-refractivity contribution is 0.0950. The predicted molar refractivity (Wildman–Crippen MR) is 109 cm³/mol. The summed E-state index contributed by atoms with van der Waals surface area (Å²) >= 11 is 1.61. The molecular weight excluding hydrogens is 374 g/mol. The summed E-state index contributed by atoms with van der Waals surface area (Å²) < 4.78 is 6.97. The molecule has 0 unspecified atom stereocenters. The van der Waals surface area contributed by atoms with E-state index in [-0.39, 0.29) is 12.0 Å². The van der Waals surface area contributed by atoms with Gasteiger partial charge in [0.05, 0.1) is 12.1 Å². The number of nitrogens with one attached hydrogen (secondary N) is 1. The Kier molecular flexibility index (Phi) is 4.92. The van der Waals surface area contributed by atoms with Crippen LogP contribution in [0.1, 0.15) is 26.4 Å². The van der Waals surface area contributed by atoms with Gasteiger partial charge in [0, 0.05) is 29.5 Å². The average Bonchev–Trinajstić information content (AvgIpc) is 3.42. The molecule has 4 rings (SSSR count). The fourth-order valence-corrected chi connectivity index (χ4v) is 4.38. The maximum Gasteiger partial charge on any atom is 0.414 e. The first-order valence-electron chi connectivity index (χ1n) is 9.09. The predicted octanol–water partition coefficient (Wildman–Crippen LogP) is 4.04. The molecule has 0 aliphatic carbocycles. The molecule has 2 amide bonds. The molecule has 0 atom stereocenters. The molecule has 1 aliphatic rings. The van der Waals surface area contributed by atoms with Crippen LogP contribution >= 0.6 is 11.3 Å². The van der Waals surface area contributed by atoms with Crippen LogP contribution in [0.5, 0.6) is 0 Å². The van der Waals surface area contributed by atoms with E-state index in [1.807, 2.05) is 67.2 Å². The lowest BCUT2D eigenvalue weighted by atomic mass is 10.1. The number of anilines is 1. The summed E-state index contributed by atoms with van der Waals surface area (Å²) in [7, 11) is 0. The van der Waals surface area contributed by atoms with Gasteiger partial charge in [0.15, 0.2) is 0 Å². The van der Waals surface area contributed by atoms with E-state index in [0.29, 0.717) is 25.3 Å². The third-order valence-corrected chi connectivity index (χ3v) is 6.09. The lowest BCUT2D eigenvalue weighted by Gasteiger charge is -2.14. The number of hydrogen-bond donors (Lipinski definition) is 1. The highest BCUT2D eigenvalue weighted by atomic mass is 32.1. The second-order valence-electron chi connectivity index (χ2n) is 6.67. The van der Waals surface area contributed by atoms with E-state index in [9.17, 15) is 9.59 Å². The highest BCUT2D eigenvalue weighted by Crippen LogP contribution is 2.31. The summed E-state index contributed by atoms with van der Waals surface area (Å²) in [6.07, 6.45) is 3.56. The van der Waals surface area contributed by atoms with Gasteiger partial charge in [0.2, 0.25) is 0 Å². The van der Waals surface area contributed by atoms with Crippen LogP contribution in [0.3, 0.4) is 0 Å². The fourth-order valence-electron chi connectivity index (χ4n) is 3.26. The topological polar surface area (TPSA) is 63.6 Å². The van der Waals surface area contributed by atoms with Crippen molar-refractivity contribution >= 4 is 29.0 Å². The Bertz CT molecular complexity index is 1020. The summed E-state index contributed by atoms with van der Waals surface area (Å²) in [6.45, 7) is 5.34. The molecule has 0 bridgehead atoms. The first kappa shape index (κ1) is 18.3. The van der Waals surface area contributed by atoms with E-state index >= 15 is 0 Å². The van der Waals surface area contributed by atoms with Crippen molar-refractivity contribution in [3.8, 4) is 5.00 Å². The molecule has 144 valence electrons. The number of ether oxygens (including phenoxy) is 1. The zero-order chi connectivity index (χ0) is 19.7. The third-order valence-electron chi connectivity index (χ3n) is 4.87. The number of carbonyl (C=O) groups is 2. The molecule has 0 spiro atoms. The van der Waals surface area contributed by atoms with Crippen LogP contribution in [-0.4, -0.2) is 29.7 Å². The molecule has 1 N–H and O–H groups in total. The van der Waals surface area contributed by atoms with E-state index < -0.39 is 0 Å². The van der Waals surface area contributed by atoms with Crippen LogP contribution < -0.4 is 10.2 Å². The van der Waals surface area contributed by atoms with Gasteiger partial charge in [0.1, 0.15) is 11.6 Å². The molecule has 1 fully saturated rings. The van der Waals surface area contributed by atoms with Gasteiger partial charge >= 0.3 is 6.09 Å². The Morgan fingerprint density at radius 1 is 1.21 bits per heavy atom. The van der Waals surface area contributed by atoms with Crippen molar-refractivity contribution in [2.24, 2.45) is 0 Å². The number of thiophene rings is 1. The van der Waals surface area contributed by atoms with Gasteiger partial charge in [0.25, 0.3) is 5.91 Å². The second kappa shape index (κ2) is 7.52. The van der Waals surface area contributed by atoms with Crippen molar-refractivity contribution in [1.82, 2.24) is 9.88 Å². The summed E-state index contributed by atoms with van der Waals surface area (Å²) in [4.78, 5) is 27.4. The van der Waals surface area contributed by atoms with Crippen LogP contribution in [-0.2, 0) is 11.3 Å². The van der Waals surface area contributed by atoms with Crippen molar-refractivity contribution in [2.75, 3.05) is 18.1 Å². The Balaban J connectivity index is 1.52. The van der Waals surface area contributed by atoms with Gasteiger partial charge in [-0.2, -0.15) is 0 Å². The Hall–Kier alpha value is -3.06. The number of nitrogens with zero attached hydrogens (tertiary/aromatic N) is 2. The number of amides is 2. The van der Waals surface area contributed by atoms with E-state index in [1.165, 1.54) is 0 Å². The number of carbonyl (C=O) groups excluding carboxylic acids is 2. The zero-order valence-electron chi connectivity index (χ0n) is 15.8. The zero-order valence-corrected chi connectivity index (χ0v) is 16.6. The van der Waals surface area contributed by atoms with Crippen LogP contribution in [0.25, 0.3) is 5.00 Å². The maximum absolute atomic E-state index is 13.0. The molecule has 1 aliphatic heterocycles. The maximum atomic E-state index is 13.0. The molecule has 0 radical (unpaired) electrons. The SMILES string of the molecule is Cc1sc(-n2cccc2)c(C(=O)NCc2cccc(N3CCOC3=O)c2)c1C. The summed E-state index contributed by atoms with van der Waals surface area (Å²) in [6, 6.07) is 11.5. The molecule has 7 heteroatoms. The van der Waals surface area contributed by atoms with E-state index in [4.69, 9.17) is 4.74 Å². The molecular formula is C21H21N3O3S. The minimum absolute atomic E-state index is 0.100. The molecule has 1 aromatic carbocycles. The molecule has 2 aromatic heterocycles. The molecule has 28 heavy (non-hydrogen) atoms. The molecule has 3 aromatic rings. The summed E-state index contributed by atoms with van der Waals surface area (Å²) in [5, 5.41) is 3.94. The van der Waals surface area contributed by atoms with Gasteiger partial charge in [-0.15, -0.1) is 11.3 Å². The van der Waals surface area contributed by atoms with Crippen molar-refractivity contribution in [3.05, 3.63) is 70.4 Å². The number of aromatic nitrogens is 1. The minimum atomic E-state index is -0.332. The van der Waals surface area contributed by atoms with E-state index in [1.54, 1.807) is 16.2 Å². The van der Waals surface area contributed by atoms with Gasteiger partial charge in [-0.1, -0.05) is 12.1 Å². The van der Waals surface area contributed by atoms with Gasteiger partial charge in [-0.05, 0) is 49.2 Å². The van der Waals surface area contributed by atoms with Crippen LogP contribution in [0, 0.1) is 13.8 Å². The quantitative estimate of drug-likeness (QED) is 0.709. The lowest BCUT2D eigenvalue weighted by Crippen LogP contribution is -2.25. The highest BCUT2D eigenvalue weighted by molar-refractivity contribution is 7.15. The standard InChI is InChI=1S/C21H21N3O3S/c1-14-15(2)28-20(23-8-3-4-9-23)18(14)19(25)22-13-16-6-5-7-17(12-16)24-10-11-27-21(24)26/h3-9,12H,10-11,13H2,1-2H3,(H,22,25). The first-order valence-corrected chi connectivity index (χ1v) is 9.91. The van der Waals surface area contributed by atoms with Crippen molar-refractivity contribution in [3.63, 3.8) is 0 Å². The number of cyclic esters (lactones) is 1. The van der Waals surface area contributed by atoms with Crippen LogP contribution in [0.2, 0.25) is 0 Å². The molecule has 3 heterocycles. The molecule has 0 saturated carbocycles. The molecule has 6 nitrogen and oxygen atoms in total.